The first-order valence-corrected chi connectivity index (χ1v) is 9.27. The molecule has 35 heavy (non-hydrogen) atoms. The molecule has 3 rings (SSSR count). The van der Waals surface area contributed by atoms with E-state index < -0.39 is 53.1 Å². The van der Waals surface area contributed by atoms with Crippen molar-refractivity contribution in [2.24, 2.45) is 0 Å². The molecule has 1 amide bonds. The number of hydrogen-bond donors (Lipinski definition) is 1. The van der Waals surface area contributed by atoms with E-state index in [2.05, 4.69) is 25.1 Å². The molecule has 0 radical (unpaired) electrons. The highest BCUT2D eigenvalue weighted by Crippen LogP contribution is 2.36. The van der Waals surface area contributed by atoms with Crippen LogP contribution in [0, 0.1) is 0 Å². The van der Waals surface area contributed by atoms with Gasteiger partial charge in [0.2, 0.25) is 0 Å². The maximum Gasteiger partial charge on any atom is 0.573 e. The Labute approximate surface area is 189 Å². The van der Waals surface area contributed by atoms with Crippen LogP contribution in [0.15, 0.2) is 42.9 Å². The van der Waals surface area contributed by atoms with Gasteiger partial charge in [0.1, 0.15) is 12.1 Å². The number of hydrogen-bond acceptors (Lipinski definition) is 5. The van der Waals surface area contributed by atoms with Crippen LogP contribution in [-0.4, -0.2) is 32.0 Å². The van der Waals surface area contributed by atoms with E-state index in [-0.39, 0.29) is 29.8 Å². The van der Waals surface area contributed by atoms with Gasteiger partial charge in [-0.25, -0.2) is 9.97 Å². The Balaban J connectivity index is 1.85. The zero-order chi connectivity index (χ0) is 26.2. The molecule has 1 atom stereocenters. The minimum Gasteiger partial charge on any atom is -0.404 e. The molecule has 0 saturated heterocycles. The van der Waals surface area contributed by atoms with Crippen LogP contribution >= 0.6 is 0 Å². The van der Waals surface area contributed by atoms with Crippen molar-refractivity contribution in [3.63, 3.8) is 0 Å². The Morgan fingerprint density at radius 2 is 1.54 bits per heavy atom. The largest absolute Gasteiger partial charge is 0.573 e. The van der Waals surface area contributed by atoms with Crippen molar-refractivity contribution in [1.29, 1.82) is 0 Å². The molecule has 0 fully saturated rings. The Kier molecular flexibility index (Phi) is 6.68. The number of nitrogens with one attached hydrogen (secondary N) is 1. The number of benzene rings is 1. The molecule has 1 N–H and O–H groups in total. The average Bonchev–Trinajstić information content (AvgIpc) is 3.21. The van der Waals surface area contributed by atoms with Gasteiger partial charge in [0, 0.05) is 5.56 Å². The molecule has 0 bridgehead atoms. The lowest BCUT2D eigenvalue weighted by Crippen LogP contribution is -2.29. The summed E-state index contributed by atoms with van der Waals surface area (Å²) in [6, 6.07) is 1.30. The Hall–Kier alpha value is -3.85. The third kappa shape index (κ3) is 6.39. The van der Waals surface area contributed by atoms with Crippen molar-refractivity contribution >= 4 is 5.91 Å². The molecule has 2 heterocycles. The standard InChI is InChI=1S/C19H12F9N5O2/c1-9(15-30-8-31-33(15)14-3-2-13(7-29-14)35-19(26,27)28)32-16(34)10-4-11(17(20,21)22)6-12(5-10)18(23,24)25/h2-9H,1H3,(H,32,34). The van der Waals surface area contributed by atoms with Crippen LogP contribution in [0.25, 0.3) is 5.82 Å². The van der Waals surface area contributed by atoms with Gasteiger partial charge in [-0.1, -0.05) is 0 Å². The second-order valence-electron chi connectivity index (χ2n) is 6.92. The van der Waals surface area contributed by atoms with Crippen molar-refractivity contribution in [2.45, 2.75) is 31.7 Å². The topological polar surface area (TPSA) is 81.9 Å². The molecular formula is C19H12F9N5O2. The minimum absolute atomic E-state index is 0.0634. The summed E-state index contributed by atoms with van der Waals surface area (Å²) < 4.78 is 120. The maximum atomic E-state index is 13.0. The highest BCUT2D eigenvalue weighted by atomic mass is 19.4. The van der Waals surface area contributed by atoms with Crippen molar-refractivity contribution in [3.05, 3.63) is 65.4 Å². The van der Waals surface area contributed by atoms with Crippen LogP contribution in [0.1, 0.15) is 40.3 Å². The molecule has 0 aliphatic carbocycles. The van der Waals surface area contributed by atoms with Gasteiger partial charge in [-0.3, -0.25) is 4.79 Å². The predicted octanol–water partition coefficient (Wildman–Crippen LogP) is 5.09. The predicted molar refractivity (Wildman–Crippen MR) is 98.2 cm³/mol. The minimum atomic E-state index is -5.14. The van der Waals surface area contributed by atoms with Gasteiger partial charge in [0.15, 0.2) is 11.6 Å². The molecule has 1 unspecified atom stereocenters. The van der Waals surface area contributed by atoms with Gasteiger partial charge in [0.05, 0.1) is 23.4 Å². The Morgan fingerprint density at radius 1 is 0.943 bits per heavy atom. The zero-order valence-electron chi connectivity index (χ0n) is 17.1. The number of carbonyl (C=O) groups is 1. The van der Waals surface area contributed by atoms with Crippen LogP contribution < -0.4 is 10.1 Å². The third-order valence-corrected chi connectivity index (χ3v) is 4.33. The van der Waals surface area contributed by atoms with E-state index in [4.69, 9.17) is 0 Å². The molecule has 0 spiro atoms. The number of nitrogens with zero attached hydrogens (tertiary/aromatic N) is 4. The zero-order valence-corrected chi connectivity index (χ0v) is 17.1. The number of rotatable bonds is 5. The highest BCUT2D eigenvalue weighted by molar-refractivity contribution is 5.94. The van der Waals surface area contributed by atoms with E-state index in [0.717, 1.165) is 29.3 Å². The fourth-order valence-electron chi connectivity index (χ4n) is 2.84. The van der Waals surface area contributed by atoms with Crippen molar-refractivity contribution in [3.8, 4) is 11.6 Å². The van der Waals surface area contributed by atoms with E-state index in [1.165, 1.54) is 6.92 Å². The summed E-state index contributed by atoms with van der Waals surface area (Å²) in [5.41, 5.74) is -4.24. The number of carbonyl (C=O) groups excluding carboxylic acids is 1. The van der Waals surface area contributed by atoms with Crippen LogP contribution in [0.2, 0.25) is 0 Å². The molecule has 0 aliphatic heterocycles. The van der Waals surface area contributed by atoms with Crippen molar-refractivity contribution in [2.75, 3.05) is 0 Å². The average molecular weight is 513 g/mol. The van der Waals surface area contributed by atoms with E-state index in [1.54, 1.807) is 0 Å². The number of halogens is 9. The summed E-state index contributed by atoms with van der Waals surface area (Å²) in [5, 5.41) is 6.03. The van der Waals surface area contributed by atoms with Gasteiger partial charge in [-0.2, -0.15) is 36.1 Å². The lowest BCUT2D eigenvalue weighted by atomic mass is 10.0. The first kappa shape index (κ1) is 25.8. The molecule has 0 aliphatic rings. The lowest BCUT2D eigenvalue weighted by molar-refractivity contribution is -0.274. The Bertz CT molecular complexity index is 1170. The SMILES string of the molecule is CC(NC(=O)c1cc(C(F)(F)F)cc(C(F)(F)F)c1)c1ncnn1-c1ccc(OC(F)(F)F)cn1. The summed E-state index contributed by atoms with van der Waals surface area (Å²) >= 11 is 0. The summed E-state index contributed by atoms with van der Waals surface area (Å²) in [6.07, 6.45) is -13.5. The summed E-state index contributed by atoms with van der Waals surface area (Å²) in [7, 11) is 0. The molecule has 3 aromatic rings. The van der Waals surface area contributed by atoms with Crippen LogP contribution in [0.4, 0.5) is 39.5 Å². The first-order valence-electron chi connectivity index (χ1n) is 9.27. The van der Waals surface area contributed by atoms with Crippen molar-refractivity contribution < 1.29 is 49.0 Å². The van der Waals surface area contributed by atoms with Crippen LogP contribution in [0.3, 0.4) is 0 Å². The molecule has 2 aromatic heterocycles. The van der Waals surface area contributed by atoms with Crippen molar-refractivity contribution in [1.82, 2.24) is 25.1 Å². The highest BCUT2D eigenvalue weighted by Gasteiger charge is 2.37. The molecule has 16 heteroatoms. The lowest BCUT2D eigenvalue weighted by Gasteiger charge is -2.17. The second kappa shape index (κ2) is 9.07. The van der Waals surface area contributed by atoms with Gasteiger partial charge in [-0.15, -0.1) is 13.2 Å². The van der Waals surface area contributed by atoms with Crippen LogP contribution in [-0.2, 0) is 12.4 Å². The molecule has 1 aromatic carbocycles. The molecular weight excluding hydrogens is 501 g/mol. The van der Waals surface area contributed by atoms with Gasteiger partial charge >= 0.3 is 18.7 Å². The number of pyridine rings is 1. The van der Waals surface area contributed by atoms with Gasteiger partial charge in [-0.05, 0) is 37.3 Å². The summed E-state index contributed by atoms with van der Waals surface area (Å²) in [5.74, 6) is -2.04. The number of amides is 1. The molecule has 0 saturated carbocycles. The maximum absolute atomic E-state index is 13.0. The smallest absolute Gasteiger partial charge is 0.404 e. The number of alkyl halides is 9. The van der Waals surface area contributed by atoms with Crippen LogP contribution in [0.5, 0.6) is 5.75 Å². The summed E-state index contributed by atoms with van der Waals surface area (Å²) in [6.45, 7) is 1.30. The van der Waals surface area contributed by atoms with Gasteiger partial charge in [0.25, 0.3) is 5.91 Å². The van der Waals surface area contributed by atoms with E-state index in [9.17, 15) is 44.3 Å². The normalized spacial score (nSPS) is 13.4. The fourth-order valence-corrected chi connectivity index (χ4v) is 2.84. The quantitative estimate of drug-likeness (QED) is 0.481. The fraction of sp³-hybridized carbons (Fsp3) is 0.263. The summed E-state index contributed by atoms with van der Waals surface area (Å²) in [4.78, 5) is 20.1. The Morgan fingerprint density at radius 3 is 2.03 bits per heavy atom. The monoisotopic (exact) mass is 513 g/mol. The van der Waals surface area contributed by atoms with E-state index in [1.807, 2.05) is 0 Å². The molecule has 7 nitrogen and oxygen atoms in total. The first-order chi connectivity index (χ1) is 16.0. The van der Waals surface area contributed by atoms with E-state index >= 15 is 0 Å². The van der Waals surface area contributed by atoms with Gasteiger partial charge < -0.3 is 10.1 Å². The third-order valence-electron chi connectivity index (χ3n) is 4.33. The van der Waals surface area contributed by atoms with E-state index in [0.29, 0.717) is 0 Å². The second-order valence-corrected chi connectivity index (χ2v) is 6.92. The number of ether oxygens (including phenoxy) is 1. The number of aromatic nitrogens is 4. The molecule has 188 valence electrons.